The van der Waals surface area contributed by atoms with Crippen molar-refractivity contribution in [2.75, 3.05) is 49.5 Å². The molecule has 2 N–H and O–H groups in total. The highest BCUT2D eigenvalue weighted by Gasteiger charge is 2.34. The lowest BCUT2D eigenvalue weighted by Gasteiger charge is -2.47. The van der Waals surface area contributed by atoms with Crippen LogP contribution in [-0.2, 0) is 6.54 Å². The minimum absolute atomic E-state index is 0.230. The molecule has 0 bridgehead atoms. The molecule has 7 nitrogen and oxygen atoms in total. The van der Waals surface area contributed by atoms with Gasteiger partial charge in [0.2, 0.25) is 0 Å². The first-order valence-electron chi connectivity index (χ1n) is 12.7. The van der Waals surface area contributed by atoms with Gasteiger partial charge in [0.05, 0.1) is 16.9 Å². The summed E-state index contributed by atoms with van der Waals surface area (Å²) in [5.74, 6) is 0.531. The normalized spacial score (nSPS) is 19.9. The van der Waals surface area contributed by atoms with Crippen molar-refractivity contribution in [1.82, 2.24) is 20.1 Å². The van der Waals surface area contributed by atoms with Crippen molar-refractivity contribution in [2.45, 2.75) is 51.7 Å². The lowest BCUT2D eigenvalue weighted by molar-refractivity contribution is 0.0607. The van der Waals surface area contributed by atoms with E-state index in [0.717, 1.165) is 57.8 Å². The largest absolute Gasteiger partial charge is 0.353 e. The number of carbonyl (C=O) groups is 1. The van der Waals surface area contributed by atoms with Crippen molar-refractivity contribution in [3.05, 3.63) is 51.9 Å². The summed E-state index contributed by atoms with van der Waals surface area (Å²) in [6.07, 6.45) is 4.85. The number of piperidine rings is 1. The Morgan fingerprint density at radius 3 is 2.58 bits per heavy atom. The summed E-state index contributed by atoms with van der Waals surface area (Å²) < 4.78 is 14.2. The van der Waals surface area contributed by atoms with E-state index in [2.05, 4.69) is 37.2 Å². The highest BCUT2D eigenvalue weighted by atomic mass is 35.5. The van der Waals surface area contributed by atoms with Gasteiger partial charge in [0.1, 0.15) is 11.6 Å². The molecule has 4 rings (SSSR count). The zero-order valence-electron chi connectivity index (χ0n) is 20.9. The molecule has 2 saturated heterocycles. The fourth-order valence-corrected chi connectivity index (χ4v) is 5.72. The van der Waals surface area contributed by atoms with E-state index in [1.54, 1.807) is 24.4 Å². The molecule has 1 atom stereocenters. The van der Waals surface area contributed by atoms with E-state index in [-0.39, 0.29) is 11.8 Å². The number of hydrogen-bond acceptors (Lipinski definition) is 5. The van der Waals surface area contributed by atoms with Gasteiger partial charge in [-0.1, -0.05) is 36.2 Å². The second-order valence-corrected chi connectivity index (χ2v) is 10.3. The summed E-state index contributed by atoms with van der Waals surface area (Å²) in [4.78, 5) is 23.6. The topological polar surface area (TPSA) is 63.7 Å². The van der Waals surface area contributed by atoms with Crippen LogP contribution in [0.1, 0.15) is 38.7 Å². The van der Waals surface area contributed by atoms with Gasteiger partial charge >= 0.3 is 6.03 Å². The lowest BCUT2D eigenvalue weighted by Crippen LogP contribution is -2.58. The number of nitrogens with one attached hydrogen (secondary N) is 2. The summed E-state index contributed by atoms with van der Waals surface area (Å²) in [5.41, 5.74) is 1.28. The molecule has 2 fully saturated rings. The first kappa shape index (κ1) is 26.9. The van der Waals surface area contributed by atoms with Crippen LogP contribution in [0, 0.1) is 5.82 Å². The van der Waals surface area contributed by atoms with Gasteiger partial charge in [0.25, 0.3) is 0 Å². The molecule has 2 aromatic rings. The minimum Gasteiger partial charge on any atom is -0.353 e. The van der Waals surface area contributed by atoms with E-state index in [4.69, 9.17) is 23.2 Å². The van der Waals surface area contributed by atoms with Crippen LogP contribution in [0.15, 0.2) is 30.5 Å². The van der Waals surface area contributed by atoms with E-state index < -0.39 is 0 Å². The molecule has 0 spiro atoms. The van der Waals surface area contributed by atoms with Crippen LogP contribution in [0.4, 0.5) is 20.7 Å². The molecule has 10 heteroatoms. The number of hydrogen-bond donors (Lipinski definition) is 2. The van der Waals surface area contributed by atoms with Crippen molar-refractivity contribution in [3.8, 4) is 0 Å². The van der Waals surface area contributed by atoms with Crippen LogP contribution in [0.5, 0.6) is 0 Å². The molecule has 0 aliphatic carbocycles. The van der Waals surface area contributed by atoms with Crippen molar-refractivity contribution in [1.29, 1.82) is 0 Å². The summed E-state index contributed by atoms with van der Waals surface area (Å²) >= 11 is 12.5. The number of aromatic nitrogens is 1. The fourth-order valence-electron chi connectivity index (χ4n) is 5.27. The number of rotatable bonds is 7. The zero-order chi connectivity index (χ0) is 25.7. The third kappa shape index (κ3) is 6.59. The van der Waals surface area contributed by atoms with Gasteiger partial charge in [-0.15, -0.1) is 0 Å². The molecular weight excluding hydrogens is 502 g/mol. The van der Waals surface area contributed by atoms with Crippen LogP contribution < -0.4 is 15.5 Å². The monoisotopic (exact) mass is 536 g/mol. The number of halogens is 3. The Hall–Kier alpha value is -2.13. The first-order chi connectivity index (χ1) is 17.4. The van der Waals surface area contributed by atoms with Gasteiger partial charge in [-0.25, -0.2) is 14.2 Å². The highest BCUT2D eigenvalue weighted by Crippen LogP contribution is 2.31. The van der Waals surface area contributed by atoms with Gasteiger partial charge in [-0.2, -0.15) is 0 Å². The van der Waals surface area contributed by atoms with Gasteiger partial charge in [0, 0.05) is 55.4 Å². The van der Waals surface area contributed by atoms with E-state index in [9.17, 15) is 9.18 Å². The van der Waals surface area contributed by atoms with E-state index in [0.29, 0.717) is 46.5 Å². The van der Waals surface area contributed by atoms with Gasteiger partial charge in [-0.3, -0.25) is 9.80 Å². The molecule has 2 aliphatic rings. The molecule has 1 aromatic carbocycles. The molecule has 2 amide bonds. The lowest BCUT2D eigenvalue weighted by atomic mass is 9.97. The second kappa shape index (κ2) is 12.4. The highest BCUT2D eigenvalue weighted by molar-refractivity contribution is 6.33. The fraction of sp³-hybridized carbons (Fsp3) is 0.538. The Morgan fingerprint density at radius 1 is 1.14 bits per heavy atom. The minimum atomic E-state index is -0.271. The predicted molar refractivity (Wildman–Crippen MR) is 145 cm³/mol. The molecule has 0 unspecified atom stereocenters. The molecule has 196 valence electrons. The summed E-state index contributed by atoms with van der Waals surface area (Å²) in [6, 6.07) is 7.36. The van der Waals surface area contributed by atoms with E-state index in [1.807, 2.05) is 6.92 Å². The number of piperazine rings is 1. The van der Waals surface area contributed by atoms with E-state index in [1.165, 1.54) is 6.07 Å². The second-order valence-electron chi connectivity index (χ2n) is 9.50. The number of amides is 2. The van der Waals surface area contributed by atoms with Crippen molar-refractivity contribution < 1.29 is 9.18 Å². The Balaban J connectivity index is 1.32. The molecule has 0 radical (unpaired) electrons. The van der Waals surface area contributed by atoms with Gasteiger partial charge in [-0.05, 0) is 57.5 Å². The van der Waals surface area contributed by atoms with Crippen LogP contribution in [-0.4, -0.2) is 72.2 Å². The average molecular weight is 538 g/mol. The first-order valence-corrected chi connectivity index (χ1v) is 13.5. The predicted octanol–water partition coefficient (Wildman–Crippen LogP) is 5.23. The van der Waals surface area contributed by atoms with E-state index >= 15 is 0 Å². The zero-order valence-corrected chi connectivity index (χ0v) is 22.5. The number of urea groups is 1. The summed E-state index contributed by atoms with van der Waals surface area (Å²) in [6.45, 7) is 9.84. The maximum atomic E-state index is 14.2. The van der Waals surface area contributed by atoms with Crippen molar-refractivity contribution in [3.63, 3.8) is 0 Å². The molecule has 1 aromatic heterocycles. The average Bonchev–Trinajstić information content (AvgIpc) is 2.86. The molecule has 2 aliphatic heterocycles. The quantitative estimate of drug-likeness (QED) is 0.506. The Morgan fingerprint density at radius 2 is 1.92 bits per heavy atom. The van der Waals surface area contributed by atoms with Crippen LogP contribution in [0.2, 0.25) is 10.0 Å². The van der Waals surface area contributed by atoms with Crippen molar-refractivity contribution in [2.24, 2.45) is 0 Å². The summed E-state index contributed by atoms with van der Waals surface area (Å²) in [5, 5.41) is 6.42. The smallest absolute Gasteiger partial charge is 0.319 e. The third-order valence-electron chi connectivity index (χ3n) is 7.15. The number of likely N-dealkylation sites (tertiary alicyclic amines) is 1. The third-order valence-corrected chi connectivity index (χ3v) is 7.66. The SMILES string of the molecule is CCNC(=O)Nc1cnc(N2CCN(C3CCN(Cc4ccc(Cl)cc4F)CC3)[C@@H](CC)C2)c(Cl)c1. The standard InChI is InChI=1S/C26H35Cl2FN6O/c1-3-21-17-34(25-23(28)14-20(15-31-25)32-26(36)30-4-2)11-12-35(21)22-7-9-33(10-8-22)16-18-5-6-19(27)13-24(18)29/h5-6,13-15,21-22H,3-4,7-12,16-17H2,1-2H3,(H2,30,32,36)/t21-/m0/s1. The molecule has 0 saturated carbocycles. The number of benzene rings is 1. The van der Waals surface area contributed by atoms with Crippen LogP contribution >= 0.6 is 23.2 Å². The number of pyridine rings is 1. The molecule has 3 heterocycles. The maximum absolute atomic E-state index is 14.2. The maximum Gasteiger partial charge on any atom is 0.319 e. The molecular formula is C26H35Cl2FN6O. The number of carbonyl (C=O) groups excluding carboxylic acids is 1. The number of nitrogens with zero attached hydrogens (tertiary/aromatic N) is 4. The number of anilines is 2. The summed E-state index contributed by atoms with van der Waals surface area (Å²) in [7, 11) is 0. The van der Waals surface area contributed by atoms with Crippen LogP contribution in [0.25, 0.3) is 0 Å². The van der Waals surface area contributed by atoms with Crippen LogP contribution in [0.3, 0.4) is 0 Å². The van der Waals surface area contributed by atoms with Gasteiger partial charge < -0.3 is 15.5 Å². The Bertz CT molecular complexity index is 1050. The van der Waals surface area contributed by atoms with Crippen molar-refractivity contribution >= 4 is 40.7 Å². The Labute approximate surface area is 222 Å². The van der Waals surface area contributed by atoms with Gasteiger partial charge in [0.15, 0.2) is 0 Å². The Kier molecular flexibility index (Phi) is 9.28. The molecule has 36 heavy (non-hydrogen) atoms.